The fourth-order valence-electron chi connectivity index (χ4n) is 1.99. The molecule has 0 bridgehead atoms. The second-order valence-corrected chi connectivity index (χ2v) is 7.96. The van der Waals surface area contributed by atoms with Gasteiger partial charge in [0, 0.05) is 18.2 Å². The lowest BCUT2D eigenvalue weighted by atomic mass is 10.2. The van der Waals surface area contributed by atoms with Gasteiger partial charge in [-0.1, -0.05) is 25.1 Å². The predicted octanol–water partition coefficient (Wildman–Crippen LogP) is 2.51. The number of nitrogens with two attached hydrogens (primary N) is 1. The Morgan fingerprint density at radius 2 is 1.90 bits per heavy atom. The zero-order valence-corrected chi connectivity index (χ0v) is 14.0. The minimum Gasteiger partial charge on any atom is -0.395 e. The van der Waals surface area contributed by atoms with Crippen LogP contribution in [-0.4, -0.2) is 24.5 Å². The van der Waals surface area contributed by atoms with Crippen molar-refractivity contribution in [1.29, 1.82) is 0 Å². The highest BCUT2D eigenvalue weighted by molar-refractivity contribution is 7.99. The fourth-order valence-corrected chi connectivity index (χ4v) is 3.51. The Labute approximate surface area is 129 Å². The van der Waals surface area contributed by atoms with Crippen LogP contribution in [0.1, 0.15) is 19.0 Å². The van der Waals surface area contributed by atoms with Crippen LogP contribution in [0.25, 0.3) is 0 Å². The molecule has 2 rings (SSSR count). The van der Waals surface area contributed by atoms with Crippen molar-refractivity contribution in [3.05, 3.63) is 30.0 Å². The average molecular weight is 325 g/mol. The van der Waals surface area contributed by atoms with Crippen molar-refractivity contribution in [2.24, 2.45) is 7.05 Å². The summed E-state index contributed by atoms with van der Waals surface area (Å²) in [5.41, 5.74) is 7.75. The summed E-state index contributed by atoms with van der Waals surface area (Å²) in [6, 6.07) is 6.79. The highest BCUT2D eigenvalue weighted by Crippen LogP contribution is 2.34. The Morgan fingerprint density at radius 3 is 2.43 bits per heavy atom. The van der Waals surface area contributed by atoms with Crippen LogP contribution in [0.5, 0.6) is 0 Å². The van der Waals surface area contributed by atoms with Gasteiger partial charge < -0.3 is 5.73 Å². The predicted molar refractivity (Wildman–Crippen MR) is 85.3 cm³/mol. The van der Waals surface area contributed by atoms with E-state index in [0.717, 1.165) is 28.5 Å². The van der Waals surface area contributed by atoms with Gasteiger partial charge in [0.15, 0.2) is 9.84 Å². The highest BCUT2D eigenvalue weighted by Gasteiger charge is 2.14. The number of aryl methyl sites for hydroxylation is 2. The number of nitrogen functional groups attached to an aromatic ring is 1. The molecule has 0 aliphatic heterocycles. The number of rotatable bonds is 5. The summed E-state index contributed by atoms with van der Waals surface area (Å²) in [6.07, 6.45) is 3.05. The Hall–Kier alpha value is -1.47. The molecule has 21 heavy (non-hydrogen) atoms. The summed E-state index contributed by atoms with van der Waals surface area (Å²) in [5.74, 6) is 0. The third-order valence-corrected chi connectivity index (χ3v) is 5.37. The van der Waals surface area contributed by atoms with Crippen molar-refractivity contribution in [1.82, 2.24) is 9.78 Å². The van der Waals surface area contributed by atoms with Gasteiger partial charge in [0.25, 0.3) is 0 Å². The number of sulfone groups is 1. The number of hydrogen-bond donors (Lipinski definition) is 1. The molecule has 1 heterocycles. The van der Waals surface area contributed by atoms with Gasteiger partial charge in [0.05, 0.1) is 16.3 Å². The largest absolute Gasteiger partial charge is 0.395 e. The van der Waals surface area contributed by atoms with Gasteiger partial charge in [-0.2, -0.15) is 5.10 Å². The summed E-state index contributed by atoms with van der Waals surface area (Å²) < 4.78 is 24.7. The lowest BCUT2D eigenvalue weighted by Crippen LogP contribution is -1.96. The molecule has 0 fully saturated rings. The molecule has 2 N–H and O–H groups in total. The van der Waals surface area contributed by atoms with E-state index in [-0.39, 0.29) is 0 Å². The van der Waals surface area contributed by atoms with E-state index in [2.05, 4.69) is 12.0 Å². The molecule has 0 radical (unpaired) electrons. The van der Waals surface area contributed by atoms with Crippen molar-refractivity contribution >= 4 is 27.3 Å². The molecule has 0 aliphatic carbocycles. The SMILES string of the molecule is CCCc1nn(C)c(Sc2ccc(S(C)(=O)=O)cc2)c1N. The number of hydrogen-bond acceptors (Lipinski definition) is 5. The van der Waals surface area contributed by atoms with Gasteiger partial charge in [-0.3, -0.25) is 4.68 Å². The molecule has 0 atom stereocenters. The first-order valence-corrected chi connectivity index (χ1v) is 9.33. The maximum atomic E-state index is 11.4. The minimum absolute atomic E-state index is 0.316. The Morgan fingerprint density at radius 1 is 1.29 bits per heavy atom. The maximum Gasteiger partial charge on any atom is 0.175 e. The smallest absolute Gasteiger partial charge is 0.175 e. The van der Waals surface area contributed by atoms with E-state index in [1.54, 1.807) is 28.9 Å². The molecule has 0 spiro atoms. The van der Waals surface area contributed by atoms with Crippen LogP contribution < -0.4 is 5.73 Å². The molecule has 114 valence electrons. The monoisotopic (exact) mass is 325 g/mol. The second-order valence-electron chi connectivity index (χ2n) is 4.88. The fraction of sp³-hybridized carbons (Fsp3) is 0.357. The minimum atomic E-state index is -3.16. The Balaban J connectivity index is 2.26. The quantitative estimate of drug-likeness (QED) is 0.914. The maximum absolute atomic E-state index is 11.4. The van der Waals surface area contributed by atoms with Crippen molar-refractivity contribution in [3.8, 4) is 0 Å². The van der Waals surface area contributed by atoms with E-state index < -0.39 is 9.84 Å². The molecule has 0 aliphatic rings. The van der Waals surface area contributed by atoms with E-state index in [1.807, 2.05) is 7.05 Å². The van der Waals surface area contributed by atoms with Crippen molar-refractivity contribution in [3.63, 3.8) is 0 Å². The first kappa shape index (κ1) is 15.9. The first-order valence-electron chi connectivity index (χ1n) is 6.62. The van der Waals surface area contributed by atoms with Gasteiger partial charge in [0.1, 0.15) is 5.03 Å². The number of nitrogens with zero attached hydrogens (tertiary/aromatic N) is 2. The lowest BCUT2D eigenvalue weighted by Gasteiger charge is -2.04. The third-order valence-electron chi connectivity index (χ3n) is 3.06. The van der Waals surface area contributed by atoms with Crippen LogP contribution >= 0.6 is 11.8 Å². The summed E-state index contributed by atoms with van der Waals surface area (Å²) in [7, 11) is -1.30. The lowest BCUT2D eigenvalue weighted by molar-refractivity contribution is 0.602. The third kappa shape index (κ3) is 3.59. The van der Waals surface area contributed by atoms with Crippen molar-refractivity contribution in [2.75, 3.05) is 12.0 Å². The molecular weight excluding hydrogens is 306 g/mol. The van der Waals surface area contributed by atoms with Crippen LogP contribution in [-0.2, 0) is 23.3 Å². The van der Waals surface area contributed by atoms with E-state index in [9.17, 15) is 8.42 Å². The van der Waals surface area contributed by atoms with E-state index in [1.165, 1.54) is 18.0 Å². The second kappa shape index (κ2) is 6.11. The van der Waals surface area contributed by atoms with Crippen molar-refractivity contribution in [2.45, 2.75) is 34.6 Å². The molecule has 5 nitrogen and oxygen atoms in total. The molecular formula is C14H19N3O2S2. The standard InChI is InChI=1S/C14H19N3O2S2/c1-4-5-12-13(15)14(17(2)16-12)20-10-6-8-11(9-7-10)21(3,18)19/h6-9H,4-5,15H2,1-3H3. The van der Waals surface area contributed by atoms with Crippen molar-refractivity contribution < 1.29 is 8.42 Å². The zero-order chi connectivity index (χ0) is 15.6. The van der Waals surface area contributed by atoms with Crippen LogP contribution in [0.15, 0.2) is 39.1 Å². The van der Waals surface area contributed by atoms with E-state index >= 15 is 0 Å². The van der Waals surface area contributed by atoms with Gasteiger partial charge in [-0.05, 0) is 30.7 Å². The summed E-state index contributed by atoms with van der Waals surface area (Å²) in [5, 5.41) is 5.31. The van der Waals surface area contributed by atoms with Gasteiger partial charge in [-0.25, -0.2) is 8.42 Å². The average Bonchev–Trinajstić information content (AvgIpc) is 2.67. The summed E-state index contributed by atoms with van der Waals surface area (Å²) >= 11 is 1.49. The molecule has 0 saturated heterocycles. The summed E-state index contributed by atoms with van der Waals surface area (Å²) in [4.78, 5) is 1.25. The van der Waals surface area contributed by atoms with E-state index in [0.29, 0.717) is 10.6 Å². The molecule has 2 aromatic rings. The van der Waals surface area contributed by atoms with Crippen LogP contribution in [0.4, 0.5) is 5.69 Å². The Bertz CT molecular complexity index is 734. The molecule has 7 heteroatoms. The Kier molecular flexibility index (Phi) is 4.63. The van der Waals surface area contributed by atoms with E-state index in [4.69, 9.17) is 5.73 Å². The van der Waals surface area contributed by atoms with Crippen LogP contribution in [0, 0.1) is 0 Å². The molecule has 0 unspecified atom stereocenters. The van der Waals surface area contributed by atoms with Gasteiger partial charge >= 0.3 is 0 Å². The zero-order valence-electron chi connectivity index (χ0n) is 12.3. The van der Waals surface area contributed by atoms with Gasteiger partial charge in [-0.15, -0.1) is 0 Å². The molecule has 1 aromatic heterocycles. The van der Waals surface area contributed by atoms with Crippen LogP contribution in [0.3, 0.4) is 0 Å². The number of benzene rings is 1. The molecule has 0 amide bonds. The van der Waals surface area contributed by atoms with Crippen LogP contribution in [0.2, 0.25) is 0 Å². The molecule has 0 saturated carbocycles. The normalized spacial score (nSPS) is 11.8. The molecule has 1 aromatic carbocycles. The summed E-state index contributed by atoms with van der Waals surface area (Å²) in [6.45, 7) is 2.09. The van der Waals surface area contributed by atoms with Gasteiger partial charge in [0.2, 0.25) is 0 Å². The number of anilines is 1. The number of aromatic nitrogens is 2. The highest BCUT2D eigenvalue weighted by atomic mass is 32.2. The topological polar surface area (TPSA) is 78.0 Å². The first-order chi connectivity index (χ1) is 9.82.